The predicted molar refractivity (Wildman–Crippen MR) is 177 cm³/mol. The van der Waals surface area contributed by atoms with Gasteiger partial charge in [0.05, 0.1) is 11.3 Å². The van der Waals surface area contributed by atoms with Crippen LogP contribution in [-0.4, -0.2) is 16.6 Å². The monoisotopic (exact) mass is 913 g/mol. The molecule has 1 saturated heterocycles. The van der Waals surface area contributed by atoms with E-state index in [-0.39, 0.29) is 18.1 Å². The van der Waals surface area contributed by atoms with Gasteiger partial charge in [-0.1, -0.05) is 33.8 Å². The van der Waals surface area contributed by atoms with E-state index in [0.29, 0.717) is 5.56 Å². The molecular weight excluding hydrogens is 896 g/mol. The van der Waals surface area contributed by atoms with Crippen molar-refractivity contribution in [3.8, 4) is 0 Å². The molecule has 0 saturated carbocycles. The maximum atomic E-state index is 16.4. The second-order valence-electron chi connectivity index (χ2n) is 13.8. The summed E-state index contributed by atoms with van der Waals surface area (Å²) in [6.07, 6.45) is -8.18. The Balaban J connectivity index is 2.07. The number of aryl methyl sites for hydroxylation is 3. The lowest BCUT2D eigenvalue weighted by molar-refractivity contribution is 0.379. The summed E-state index contributed by atoms with van der Waals surface area (Å²) in [7, 11) is -6.88. The van der Waals surface area contributed by atoms with E-state index in [9.17, 15) is 17.6 Å². The fourth-order valence-corrected chi connectivity index (χ4v) is 13.3. The minimum atomic E-state index is -6.88. The molecule has 1 aliphatic rings. The van der Waals surface area contributed by atoms with E-state index in [1.165, 1.54) is 32.9 Å². The van der Waals surface area contributed by atoms with Crippen molar-refractivity contribution in [1.29, 1.82) is 0 Å². The molecule has 6 rings (SSSR count). The molecule has 1 aliphatic heterocycles. The van der Waals surface area contributed by atoms with Crippen molar-refractivity contribution < 1.29 is 87.8 Å². The van der Waals surface area contributed by atoms with Gasteiger partial charge in [0.15, 0.2) is 52.9 Å². The number of rotatable bonds is 6. The Kier molecular flexibility index (Phi) is 11.2. The molecule has 324 valence electrons. The van der Waals surface area contributed by atoms with Gasteiger partial charge in [-0.25, -0.2) is 70.2 Å². The third-order valence-corrected chi connectivity index (χ3v) is 15.2. The van der Waals surface area contributed by atoms with Gasteiger partial charge in [-0.15, -0.1) is 11.4 Å². The zero-order valence-corrected chi connectivity index (χ0v) is 31.3. The predicted octanol–water partition coefficient (Wildman–Crippen LogP) is 10.4. The number of nitrogens with zero attached hydrogens (tertiary/aromatic N) is 3. The average molecular weight is 913 g/mol. The highest BCUT2D eigenvalue weighted by atomic mass is 31.2. The molecule has 0 aromatic heterocycles. The van der Waals surface area contributed by atoms with Crippen LogP contribution in [0.25, 0.3) is 0 Å². The minimum Gasteiger partial charge on any atom is -0.306 e. The van der Waals surface area contributed by atoms with Crippen LogP contribution in [0.2, 0.25) is 6.32 Å². The summed E-state index contributed by atoms with van der Waals surface area (Å²) in [6, 6.07) is 2.47. The molecule has 1 atom stereocenters. The molecule has 5 aromatic rings. The molecule has 0 bridgehead atoms. The lowest BCUT2D eigenvalue weighted by Crippen LogP contribution is -2.70. The highest BCUT2D eigenvalue weighted by molar-refractivity contribution is 7.90. The van der Waals surface area contributed by atoms with Gasteiger partial charge in [-0.2, -0.15) is 17.6 Å². The van der Waals surface area contributed by atoms with Crippen LogP contribution in [0, 0.1) is 137 Å². The SMILES string of the molecule is Cc1cc(C)c(N=NN2[B-](c3c(F)c(F)c(F)c(F)c3F)(c3c(F)c(F)c(F)c(F)c3F)CC(C)[P+]2(c2c(F)c(F)c(F)c(F)c2F)c2c(F)c(F)c(F)c(F)c2F)c(C)c1. The van der Waals surface area contributed by atoms with Crippen LogP contribution in [0.5, 0.6) is 0 Å². The molecule has 0 N–H and O–H groups in total. The maximum absolute atomic E-state index is 16.4. The van der Waals surface area contributed by atoms with E-state index >= 15 is 70.2 Å². The van der Waals surface area contributed by atoms with E-state index < -0.39 is 174 Å². The average Bonchev–Trinajstić information content (AvgIpc) is 3.44. The molecule has 5 aromatic carbocycles. The topological polar surface area (TPSA) is 28.0 Å². The highest BCUT2D eigenvalue weighted by Gasteiger charge is 2.72. The maximum Gasteiger partial charge on any atom is 0.227 e. The van der Waals surface area contributed by atoms with Crippen molar-refractivity contribution in [3.05, 3.63) is 145 Å². The summed E-state index contributed by atoms with van der Waals surface area (Å²) in [6.45, 7) is 4.05. The van der Waals surface area contributed by atoms with Crippen molar-refractivity contribution in [3.63, 3.8) is 0 Å². The van der Waals surface area contributed by atoms with Crippen molar-refractivity contribution in [1.82, 2.24) is 4.69 Å². The van der Waals surface area contributed by atoms with Crippen molar-refractivity contribution in [2.75, 3.05) is 0 Å². The Morgan fingerprint density at radius 1 is 0.443 bits per heavy atom. The first-order valence-corrected chi connectivity index (χ1v) is 18.5. The van der Waals surface area contributed by atoms with E-state index in [1.54, 1.807) is 0 Å². The third kappa shape index (κ3) is 6.00. The van der Waals surface area contributed by atoms with E-state index in [1.807, 2.05) is 0 Å². The molecule has 0 aliphatic carbocycles. The Morgan fingerprint density at radius 3 is 1.00 bits per heavy atom. The summed E-state index contributed by atoms with van der Waals surface area (Å²) in [5.41, 5.74) is -8.98. The molecule has 0 spiro atoms. The smallest absolute Gasteiger partial charge is 0.227 e. The van der Waals surface area contributed by atoms with Crippen LogP contribution in [0.15, 0.2) is 22.5 Å². The minimum absolute atomic E-state index is 0.101. The number of hydrogen-bond donors (Lipinski definition) is 0. The van der Waals surface area contributed by atoms with Crippen LogP contribution >= 0.6 is 7.41 Å². The van der Waals surface area contributed by atoms with Crippen LogP contribution in [0.1, 0.15) is 23.6 Å². The standard InChI is InChI=1S/C36H17BF20N3P/c1-8-5-9(2)34(10(3)6-8)58-59-60-37(12-14(38)18(42)22(46)19(43)15(12)39,13-16(40)20(44)23(47)21(45)17(13)41)7-11(4)61(60,35-30(54)26(50)24(48)27(51)31(35)55)36-32(56)28(52)25(49)29(53)33(36)57/h5-6,11H,7H2,1-4H3. The fraction of sp³-hybridized carbons (Fsp3) is 0.167. The molecule has 3 nitrogen and oxygen atoms in total. The molecule has 1 fully saturated rings. The summed E-state index contributed by atoms with van der Waals surface area (Å²) >= 11 is 0. The van der Waals surface area contributed by atoms with Crippen molar-refractivity contribution in [2.24, 2.45) is 10.3 Å². The van der Waals surface area contributed by atoms with Gasteiger partial charge in [-0.05, 0) is 38.8 Å². The largest absolute Gasteiger partial charge is 0.306 e. The molecule has 0 radical (unpaired) electrons. The summed E-state index contributed by atoms with van der Waals surface area (Å²) in [5.74, 6) is -63.6. The van der Waals surface area contributed by atoms with Gasteiger partial charge >= 0.3 is 0 Å². The molecule has 25 heteroatoms. The Labute approximate surface area is 328 Å². The van der Waals surface area contributed by atoms with Crippen LogP contribution in [-0.2, 0) is 0 Å². The van der Waals surface area contributed by atoms with Crippen LogP contribution in [0.3, 0.4) is 0 Å². The van der Waals surface area contributed by atoms with Crippen LogP contribution in [0.4, 0.5) is 93.5 Å². The van der Waals surface area contributed by atoms with Crippen LogP contribution < -0.4 is 21.5 Å². The van der Waals surface area contributed by atoms with Crippen molar-refractivity contribution >= 4 is 40.9 Å². The first-order valence-electron chi connectivity index (χ1n) is 16.7. The molecule has 0 amide bonds. The van der Waals surface area contributed by atoms with E-state index in [4.69, 9.17) is 0 Å². The van der Waals surface area contributed by atoms with Gasteiger partial charge in [0.2, 0.25) is 64.5 Å². The Bertz CT molecular complexity index is 2500. The lowest BCUT2D eigenvalue weighted by Gasteiger charge is -2.46. The number of benzene rings is 5. The van der Waals surface area contributed by atoms with Crippen molar-refractivity contribution in [2.45, 2.75) is 39.7 Å². The quantitative estimate of drug-likeness (QED) is 0.0417. The zero-order chi connectivity index (χ0) is 45.9. The second kappa shape index (κ2) is 15.2. The summed E-state index contributed by atoms with van der Waals surface area (Å²) in [4.78, 5) is 0. The first kappa shape index (κ1) is 45.1. The highest BCUT2D eigenvalue weighted by Crippen LogP contribution is 2.74. The van der Waals surface area contributed by atoms with Gasteiger partial charge in [0, 0.05) is 0 Å². The molecular formula is C36H17BF20N3P. The Hall–Kier alpha value is -5.41. The lowest BCUT2D eigenvalue weighted by atomic mass is 9.25. The van der Waals surface area contributed by atoms with Gasteiger partial charge in [-0.3, -0.25) is 0 Å². The fourth-order valence-electron chi connectivity index (χ4n) is 8.06. The third-order valence-electron chi connectivity index (χ3n) is 10.4. The van der Waals surface area contributed by atoms with Gasteiger partial charge in [0.25, 0.3) is 0 Å². The summed E-state index contributed by atoms with van der Waals surface area (Å²) in [5, 5.41) is 1.51. The number of halogens is 20. The molecule has 1 unspecified atom stereocenters. The Morgan fingerprint density at radius 2 is 0.705 bits per heavy atom. The zero-order valence-electron chi connectivity index (χ0n) is 30.4. The van der Waals surface area contributed by atoms with Gasteiger partial charge < -0.3 is 4.69 Å². The molecule has 61 heavy (non-hydrogen) atoms. The van der Waals surface area contributed by atoms with E-state index in [2.05, 4.69) is 10.3 Å². The number of hydrogen-bond acceptors (Lipinski definition) is 2. The normalized spacial score (nSPS) is 16.1. The van der Waals surface area contributed by atoms with E-state index in [0.717, 1.165) is 0 Å². The molecule has 1 heterocycles. The summed E-state index contributed by atoms with van der Waals surface area (Å²) < 4.78 is 311. The first-order chi connectivity index (χ1) is 28.3. The second-order valence-corrected chi connectivity index (χ2v) is 17.4. The van der Waals surface area contributed by atoms with Gasteiger partial charge in [0.1, 0.15) is 23.3 Å².